The molecule has 0 spiro atoms. The van der Waals surface area contributed by atoms with Crippen molar-refractivity contribution in [2.24, 2.45) is 0 Å². The smallest absolute Gasteiger partial charge is 0.317 e. The van der Waals surface area contributed by atoms with Crippen LogP contribution in [0.25, 0.3) is 10.6 Å². The normalized spacial score (nSPS) is 10.3. The number of carbonyl (C=O) groups is 1. The second kappa shape index (κ2) is 7.81. The lowest BCUT2D eigenvalue weighted by Crippen LogP contribution is -2.11. The summed E-state index contributed by atoms with van der Waals surface area (Å²) in [6.45, 7) is 0. The minimum Gasteiger partial charge on any atom is -0.497 e. The van der Waals surface area contributed by atoms with Gasteiger partial charge in [-0.1, -0.05) is 0 Å². The van der Waals surface area contributed by atoms with E-state index in [0.29, 0.717) is 17.2 Å². The van der Waals surface area contributed by atoms with E-state index >= 15 is 0 Å². The highest BCUT2D eigenvalue weighted by molar-refractivity contribution is 7.13. The molecule has 6 heteroatoms. The van der Waals surface area contributed by atoms with E-state index in [4.69, 9.17) is 14.2 Å². The molecule has 0 amide bonds. The molecule has 0 saturated carbocycles. The molecule has 2 aromatic carbocycles. The van der Waals surface area contributed by atoms with Crippen molar-refractivity contribution in [1.29, 1.82) is 0 Å². The number of benzene rings is 2. The molecule has 128 valence electrons. The summed E-state index contributed by atoms with van der Waals surface area (Å²) in [5, 5.41) is 2.73. The second-order valence-electron chi connectivity index (χ2n) is 5.20. The van der Waals surface area contributed by atoms with Crippen molar-refractivity contribution in [3.8, 4) is 27.8 Å². The Morgan fingerprint density at radius 3 is 2.08 bits per heavy atom. The SMILES string of the molecule is COc1ccc(OC(=O)Cc2csc(-c3ccc(OC)cc3)n2)cc1. The highest BCUT2D eigenvalue weighted by Gasteiger charge is 2.11. The van der Waals surface area contributed by atoms with Gasteiger partial charge in [-0.15, -0.1) is 11.3 Å². The minimum absolute atomic E-state index is 0.124. The van der Waals surface area contributed by atoms with Crippen LogP contribution in [0.5, 0.6) is 17.2 Å². The molecular weight excluding hydrogens is 338 g/mol. The first-order chi connectivity index (χ1) is 12.2. The summed E-state index contributed by atoms with van der Waals surface area (Å²) in [7, 11) is 3.22. The van der Waals surface area contributed by atoms with Crippen LogP contribution in [0.2, 0.25) is 0 Å². The zero-order chi connectivity index (χ0) is 17.6. The number of esters is 1. The first-order valence-electron chi connectivity index (χ1n) is 7.61. The van der Waals surface area contributed by atoms with E-state index in [0.717, 1.165) is 16.3 Å². The number of ether oxygens (including phenoxy) is 3. The van der Waals surface area contributed by atoms with E-state index in [2.05, 4.69) is 4.98 Å². The van der Waals surface area contributed by atoms with Gasteiger partial charge in [-0.05, 0) is 48.5 Å². The molecule has 0 bridgehead atoms. The van der Waals surface area contributed by atoms with E-state index in [1.54, 1.807) is 38.5 Å². The third-order valence-corrected chi connectivity index (χ3v) is 4.45. The number of hydrogen-bond donors (Lipinski definition) is 0. The van der Waals surface area contributed by atoms with Gasteiger partial charge in [0.15, 0.2) is 0 Å². The minimum atomic E-state index is -0.350. The lowest BCUT2D eigenvalue weighted by atomic mass is 10.2. The van der Waals surface area contributed by atoms with Crippen LogP contribution in [-0.2, 0) is 11.2 Å². The van der Waals surface area contributed by atoms with Crippen LogP contribution in [0.3, 0.4) is 0 Å². The third kappa shape index (κ3) is 4.36. The standard InChI is InChI=1S/C19H17NO4S/c1-22-15-5-3-13(4-6-15)19-20-14(12-25-19)11-18(21)24-17-9-7-16(23-2)8-10-17/h3-10,12H,11H2,1-2H3. The average Bonchev–Trinajstić information content (AvgIpc) is 3.10. The van der Waals surface area contributed by atoms with Crippen LogP contribution in [0, 0.1) is 0 Å². The predicted molar refractivity (Wildman–Crippen MR) is 96.4 cm³/mol. The predicted octanol–water partition coefficient (Wildman–Crippen LogP) is 3.98. The molecule has 3 aromatic rings. The molecule has 25 heavy (non-hydrogen) atoms. The Kier molecular flexibility index (Phi) is 5.30. The molecule has 0 radical (unpaired) electrons. The number of methoxy groups -OCH3 is 2. The maximum atomic E-state index is 12.1. The summed E-state index contributed by atoms with van der Waals surface area (Å²) in [5.41, 5.74) is 1.68. The first-order valence-corrected chi connectivity index (χ1v) is 8.49. The Balaban J connectivity index is 1.62. The van der Waals surface area contributed by atoms with Gasteiger partial charge in [0.05, 0.1) is 26.3 Å². The lowest BCUT2D eigenvalue weighted by Gasteiger charge is -2.04. The van der Waals surface area contributed by atoms with Crippen molar-refractivity contribution in [2.45, 2.75) is 6.42 Å². The number of nitrogens with zero attached hydrogens (tertiary/aromatic N) is 1. The highest BCUT2D eigenvalue weighted by Crippen LogP contribution is 2.26. The van der Waals surface area contributed by atoms with Crippen LogP contribution in [0.1, 0.15) is 5.69 Å². The molecular formula is C19H17NO4S. The average molecular weight is 355 g/mol. The van der Waals surface area contributed by atoms with Gasteiger partial charge >= 0.3 is 5.97 Å². The number of hydrogen-bond acceptors (Lipinski definition) is 6. The van der Waals surface area contributed by atoms with Crippen molar-refractivity contribution in [1.82, 2.24) is 4.98 Å². The van der Waals surface area contributed by atoms with Crippen LogP contribution in [-0.4, -0.2) is 25.2 Å². The Morgan fingerprint density at radius 2 is 1.48 bits per heavy atom. The Hall–Kier alpha value is -2.86. The summed E-state index contributed by atoms with van der Waals surface area (Å²) in [5.74, 6) is 1.64. The second-order valence-corrected chi connectivity index (χ2v) is 6.06. The zero-order valence-electron chi connectivity index (χ0n) is 13.9. The fraction of sp³-hybridized carbons (Fsp3) is 0.158. The largest absolute Gasteiger partial charge is 0.497 e. The van der Waals surface area contributed by atoms with Gasteiger partial charge in [-0.2, -0.15) is 0 Å². The number of thiazole rings is 1. The van der Waals surface area contributed by atoms with E-state index in [-0.39, 0.29) is 12.4 Å². The van der Waals surface area contributed by atoms with Crippen molar-refractivity contribution >= 4 is 17.3 Å². The summed E-state index contributed by atoms with van der Waals surface area (Å²) in [6, 6.07) is 14.5. The van der Waals surface area contributed by atoms with Crippen molar-refractivity contribution in [2.75, 3.05) is 14.2 Å². The molecule has 0 saturated heterocycles. The van der Waals surface area contributed by atoms with Crippen molar-refractivity contribution in [3.05, 3.63) is 59.6 Å². The molecule has 3 rings (SSSR count). The summed E-state index contributed by atoms with van der Waals surface area (Å²) in [6.07, 6.45) is 0.124. The lowest BCUT2D eigenvalue weighted by molar-refractivity contribution is -0.133. The van der Waals surface area contributed by atoms with Crippen LogP contribution in [0.4, 0.5) is 0 Å². The molecule has 0 aliphatic heterocycles. The fourth-order valence-corrected chi connectivity index (χ4v) is 3.04. The Morgan fingerprint density at radius 1 is 0.920 bits per heavy atom. The summed E-state index contributed by atoms with van der Waals surface area (Å²) >= 11 is 1.49. The molecule has 0 aliphatic carbocycles. The first kappa shape index (κ1) is 17.0. The van der Waals surface area contributed by atoms with Gasteiger partial charge in [-0.25, -0.2) is 4.98 Å². The number of carbonyl (C=O) groups excluding carboxylic acids is 1. The van der Waals surface area contributed by atoms with E-state index < -0.39 is 0 Å². The van der Waals surface area contributed by atoms with Gasteiger partial charge in [0.1, 0.15) is 22.3 Å². The highest BCUT2D eigenvalue weighted by atomic mass is 32.1. The molecule has 0 atom stereocenters. The molecule has 0 aliphatic rings. The molecule has 0 fully saturated rings. The Labute approximate surface area is 149 Å². The van der Waals surface area contributed by atoms with Gasteiger partial charge in [0, 0.05) is 10.9 Å². The van der Waals surface area contributed by atoms with Gasteiger partial charge in [0.25, 0.3) is 0 Å². The van der Waals surface area contributed by atoms with Crippen LogP contribution in [0.15, 0.2) is 53.9 Å². The van der Waals surface area contributed by atoms with E-state index in [1.807, 2.05) is 29.6 Å². The maximum Gasteiger partial charge on any atom is 0.317 e. The van der Waals surface area contributed by atoms with E-state index in [1.165, 1.54) is 11.3 Å². The topological polar surface area (TPSA) is 57.7 Å². The Bertz CT molecular complexity index is 841. The molecule has 1 aromatic heterocycles. The fourth-order valence-electron chi connectivity index (χ4n) is 2.21. The van der Waals surface area contributed by atoms with Crippen molar-refractivity contribution in [3.63, 3.8) is 0 Å². The number of aromatic nitrogens is 1. The summed E-state index contributed by atoms with van der Waals surface area (Å²) in [4.78, 5) is 16.6. The molecule has 0 N–H and O–H groups in total. The van der Waals surface area contributed by atoms with Crippen LogP contribution < -0.4 is 14.2 Å². The zero-order valence-corrected chi connectivity index (χ0v) is 14.7. The molecule has 1 heterocycles. The van der Waals surface area contributed by atoms with Crippen molar-refractivity contribution < 1.29 is 19.0 Å². The maximum absolute atomic E-state index is 12.1. The monoisotopic (exact) mass is 355 g/mol. The van der Waals surface area contributed by atoms with Gasteiger partial charge in [0.2, 0.25) is 0 Å². The van der Waals surface area contributed by atoms with Gasteiger partial charge in [-0.3, -0.25) is 4.79 Å². The molecule has 0 unspecified atom stereocenters. The van der Waals surface area contributed by atoms with Crippen LogP contribution >= 0.6 is 11.3 Å². The van der Waals surface area contributed by atoms with E-state index in [9.17, 15) is 4.79 Å². The summed E-state index contributed by atoms with van der Waals surface area (Å²) < 4.78 is 15.5. The quantitative estimate of drug-likeness (QED) is 0.494. The number of rotatable bonds is 6. The third-order valence-electron chi connectivity index (χ3n) is 3.51. The van der Waals surface area contributed by atoms with Gasteiger partial charge < -0.3 is 14.2 Å². The molecule has 5 nitrogen and oxygen atoms in total.